The average molecular weight is 354 g/mol. The first-order valence-corrected chi connectivity index (χ1v) is 9.24. The second kappa shape index (κ2) is 5.88. The zero-order valence-corrected chi connectivity index (χ0v) is 11.3. The standard InChI is InChI=1S/H6O14P4/c1-15(2,3)13-17(7,8)11-12-18(9,10)14-16(4,5)6/h(H,7,8)(H,9,10)(H2,1,2,3)(H2,4,5,6). The molecule has 0 aromatic rings. The number of hydrogen-bond donors (Lipinski definition) is 6. The Labute approximate surface area is 97.7 Å². The van der Waals surface area contributed by atoms with Crippen LogP contribution in [0.5, 0.6) is 0 Å². The van der Waals surface area contributed by atoms with Crippen molar-refractivity contribution < 1.29 is 65.6 Å². The molecule has 0 saturated carbocycles. The summed E-state index contributed by atoms with van der Waals surface area (Å²) < 4.78 is 54.0. The number of phosphoric acid groups is 4. The summed E-state index contributed by atoms with van der Waals surface area (Å²) in [5, 5.41) is 0. The van der Waals surface area contributed by atoms with Crippen LogP contribution in [0.25, 0.3) is 0 Å². The molecule has 18 heteroatoms. The van der Waals surface area contributed by atoms with E-state index in [-0.39, 0.29) is 0 Å². The molecule has 0 rings (SSSR count). The van der Waals surface area contributed by atoms with Crippen molar-refractivity contribution in [3.05, 3.63) is 0 Å². The molecule has 0 aromatic carbocycles. The van der Waals surface area contributed by atoms with Crippen molar-refractivity contribution in [3.8, 4) is 0 Å². The fourth-order valence-corrected chi connectivity index (χ4v) is 3.42. The summed E-state index contributed by atoms with van der Waals surface area (Å²) in [7, 11) is -22.2. The summed E-state index contributed by atoms with van der Waals surface area (Å²) in [5.41, 5.74) is 0. The van der Waals surface area contributed by atoms with Crippen LogP contribution in [0.2, 0.25) is 0 Å². The maximum atomic E-state index is 10.7. The Morgan fingerprint density at radius 1 is 0.556 bits per heavy atom. The van der Waals surface area contributed by atoms with Gasteiger partial charge in [-0.2, -0.15) is 8.62 Å². The minimum atomic E-state index is -5.63. The molecule has 0 saturated heterocycles. The molecule has 0 spiro atoms. The van der Waals surface area contributed by atoms with E-state index in [2.05, 4.69) is 18.0 Å². The van der Waals surface area contributed by atoms with Crippen molar-refractivity contribution in [2.75, 3.05) is 0 Å². The monoisotopic (exact) mass is 354 g/mol. The van der Waals surface area contributed by atoms with Gasteiger partial charge in [-0.25, -0.2) is 18.3 Å². The van der Waals surface area contributed by atoms with Gasteiger partial charge in [0.2, 0.25) is 0 Å². The third kappa shape index (κ3) is 10.4. The Kier molecular flexibility index (Phi) is 6.05. The molecular formula is H6O14P4. The molecule has 14 nitrogen and oxygen atoms in total. The van der Waals surface area contributed by atoms with Crippen LogP contribution in [0, 0.1) is 0 Å². The summed E-state index contributed by atoms with van der Waals surface area (Å²) >= 11 is 0. The first-order chi connectivity index (χ1) is 7.62. The molecule has 2 atom stereocenters. The van der Waals surface area contributed by atoms with E-state index in [4.69, 9.17) is 29.4 Å². The molecule has 0 aliphatic carbocycles. The Morgan fingerprint density at radius 3 is 0.944 bits per heavy atom. The normalized spacial score (nSPS) is 20.1. The van der Waals surface area contributed by atoms with E-state index in [1.54, 1.807) is 0 Å². The predicted octanol–water partition coefficient (Wildman–Crippen LogP) is -0.646. The average Bonchev–Trinajstić information content (AvgIpc) is 1.91. The highest BCUT2D eigenvalue weighted by molar-refractivity contribution is 7.62. The van der Waals surface area contributed by atoms with E-state index < -0.39 is 31.3 Å². The second-order valence-electron chi connectivity index (χ2n) is 2.23. The molecule has 0 heterocycles. The fourth-order valence-electron chi connectivity index (χ4n) is 0.380. The maximum Gasteiger partial charge on any atom is 0.508 e. The highest BCUT2D eigenvalue weighted by Crippen LogP contribution is 2.63. The van der Waals surface area contributed by atoms with Gasteiger partial charge in [-0.15, -0.1) is 9.35 Å². The number of rotatable bonds is 7. The molecule has 6 N–H and O–H groups in total. The van der Waals surface area contributed by atoms with Gasteiger partial charge < -0.3 is 29.4 Å². The van der Waals surface area contributed by atoms with Crippen molar-refractivity contribution in [1.82, 2.24) is 0 Å². The molecule has 0 radical (unpaired) electrons. The molecule has 0 aromatic heterocycles. The lowest BCUT2D eigenvalue weighted by atomic mass is 14.9. The molecule has 110 valence electrons. The van der Waals surface area contributed by atoms with Crippen molar-refractivity contribution in [2.45, 2.75) is 0 Å². The van der Waals surface area contributed by atoms with Crippen molar-refractivity contribution >= 4 is 31.3 Å². The summed E-state index contributed by atoms with van der Waals surface area (Å²) in [6.07, 6.45) is 0. The summed E-state index contributed by atoms with van der Waals surface area (Å²) in [6, 6.07) is 0. The van der Waals surface area contributed by atoms with E-state index in [0.29, 0.717) is 0 Å². The molecular weight excluding hydrogens is 348 g/mol. The van der Waals surface area contributed by atoms with Crippen LogP contribution in [0.3, 0.4) is 0 Å². The van der Waals surface area contributed by atoms with Crippen LogP contribution in [0.4, 0.5) is 0 Å². The van der Waals surface area contributed by atoms with E-state index >= 15 is 0 Å². The first-order valence-electron chi connectivity index (χ1n) is 3.19. The topological polar surface area (TPSA) is 227 Å². The smallest absolute Gasteiger partial charge is 0.302 e. The zero-order chi connectivity index (χ0) is 14.8. The van der Waals surface area contributed by atoms with Crippen LogP contribution in [0.15, 0.2) is 0 Å². The highest BCUT2D eigenvalue weighted by Gasteiger charge is 2.40. The molecule has 0 fully saturated rings. The molecule has 0 bridgehead atoms. The van der Waals surface area contributed by atoms with Crippen LogP contribution in [0.1, 0.15) is 0 Å². The zero-order valence-electron chi connectivity index (χ0n) is 7.74. The molecule has 18 heavy (non-hydrogen) atoms. The second-order valence-corrected chi connectivity index (χ2v) is 7.67. The first kappa shape index (κ1) is 18.5. The van der Waals surface area contributed by atoms with Gasteiger partial charge in [0.05, 0.1) is 0 Å². The van der Waals surface area contributed by atoms with Gasteiger partial charge in [0.1, 0.15) is 0 Å². The van der Waals surface area contributed by atoms with Gasteiger partial charge in [-0.05, 0) is 0 Å². The van der Waals surface area contributed by atoms with Crippen LogP contribution >= 0.6 is 31.3 Å². The lowest BCUT2D eigenvalue weighted by Crippen LogP contribution is -1.97. The van der Waals surface area contributed by atoms with Crippen molar-refractivity contribution in [2.24, 2.45) is 0 Å². The minimum Gasteiger partial charge on any atom is -0.302 e. The van der Waals surface area contributed by atoms with Gasteiger partial charge in [0.25, 0.3) is 0 Å². The summed E-state index contributed by atoms with van der Waals surface area (Å²) in [4.78, 5) is 49.5. The third-order valence-corrected chi connectivity index (χ3v) is 4.64. The molecule has 0 aliphatic rings. The maximum absolute atomic E-state index is 10.7. The van der Waals surface area contributed by atoms with Crippen LogP contribution in [-0.2, 0) is 36.2 Å². The van der Waals surface area contributed by atoms with Crippen molar-refractivity contribution in [3.63, 3.8) is 0 Å². The quantitative estimate of drug-likeness (QED) is 0.190. The predicted molar refractivity (Wildman–Crippen MR) is 48.1 cm³/mol. The van der Waals surface area contributed by atoms with Crippen LogP contribution in [-0.4, -0.2) is 29.4 Å². The van der Waals surface area contributed by atoms with Gasteiger partial charge >= 0.3 is 31.3 Å². The van der Waals surface area contributed by atoms with Gasteiger partial charge in [-0.3, -0.25) is 0 Å². The number of hydrogen-bond acceptors (Lipinski definition) is 8. The summed E-state index contributed by atoms with van der Waals surface area (Å²) in [6.45, 7) is 0. The van der Waals surface area contributed by atoms with Gasteiger partial charge in [0, 0.05) is 0 Å². The molecule has 2 unspecified atom stereocenters. The summed E-state index contributed by atoms with van der Waals surface area (Å²) in [5.74, 6) is 0. The lowest BCUT2D eigenvalue weighted by molar-refractivity contribution is -0.141. The molecule has 0 amide bonds. The third-order valence-electron chi connectivity index (χ3n) is 0.641. The van der Waals surface area contributed by atoms with E-state index in [9.17, 15) is 18.3 Å². The fraction of sp³-hybridized carbons (Fsp3) is 0. The SMILES string of the molecule is O=P(O)(O)OP(=O)(O)OOP(=O)(O)OP(=O)(O)O. The van der Waals surface area contributed by atoms with Crippen molar-refractivity contribution in [1.29, 1.82) is 0 Å². The highest BCUT2D eigenvalue weighted by atomic mass is 31.3. The minimum absolute atomic E-state index is 3.10. The molecule has 0 aliphatic heterocycles. The van der Waals surface area contributed by atoms with E-state index in [1.165, 1.54) is 0 Å². The Hall–Kier alpha value is 0.520. The Balaban J connectivity index is 4.58. The van der Waals surface area contributed by atoms with Gasteiger partial charge in [0.15, 0.2) is 0 Å². The van der Waals surface area contributed by atoms with Gasteiger partial charge in [-0.1, -0.05) is 0 Å². The Morgan fingerprint density at radius 2 is 0.778 bits per heavy atom. The van der Waals surface area contributed by atoms with Crippen LogP contribution < -0.4 is 0 Å². The van der Waals surface area contributed by atoms with E-state index in [0.717, 1.165) is 0 Å². The lowest BCUT2D eigenvalue weighted by Gasteiger charge is -2.14. The Bertz CT molecular complexity index is 414. The van der Waals surface area contributed by atoms with E-state index in [1.807, 2.05) is 0 Å². The largest absolute Gasteiger partial charge is 0.508 e.